The first-order chi connectivity index (χ1) is 11.7. The van der Waals surface area contributed by atoms with Crippen LogP contribution in [-0.2, 0) is 4.74 Å². The Morgan fingerprint density at radius 2 is 2.17 bits per heavy atom. The largest absolute Gasteiger partial charge is 0.462 e. The average molecular weight is 343 g/mol. The van der Waals surface area contributed by atoms with Gasteiger partial charge in [-0.2, -0.15) is 0 Å². The SMILES string of the molecule is CCOC(=O)c1sc2ccnc3c2c1N=C(C)N3C1CCCCC1. The fourth-order valence-electron chi connectivity index (χ4n) is 3.78. The molecule has 24 heavy (non-hydrogen) atoms. The topological polar surface area (TPSA) is 54.8 Å². The van der Waals surface area contributed by atoms with Crippen LogP contribution >= 0.6 is 11.3 Å². The van der Waals surface area contributed by atoms with Crippen LogP contribution in [0.3, 0.4) is 0 Å². The van der Waals surface area contributed by atoms with Gasteiger partial charge in [0.25, 0.3) is 0 Å². The van der Waals surface area contributed by atoms with Crippen molar-refractivity contribution in [1.29, 1.82) is 0 Å². The van der Waals surface area contributed by atoms with E-state index in [1.165, 1.54) is 43.4 Å². The highest BCUT2D eigenvalue weighted by Gasteiger charge is 2.32. The molecule has 3 heterocycles. The summed E-state index contributed by atoms with van der Waals surface area (Å²) in [5, 5.41) is 1.00. The van der Waals surface area contributed by atoms with Crippen LogP contribution < -0.4 is 4.90 Å². The molecule has 1 saturated carbocycles. The highest BCUT2D eigenvalue weighted by molar-refractivity contribution is 7.21. The molecule has 1 fully saturated rings. The molecule has 0 aromatic carbocycles. The maximum absolute atomic E-state index is 12.3. The number of rotatable bonds is 3. The molecule has 0 radical (unpaired) electrons. The van der Waals surface area contributed by atoms with Crippen LogP contribution in [0.15, 0.2) is 17.3 Å². The van der Waals surface area contributed by atoms with Gasteiger partial charge in [-0.15, -0.1) is 11.3 Å². The molecule has 0 N–H and O–H groups in total. The van der Waals surface area contributed by atoms with E-state index in [4.69, 9.17) is 9.73 Å². The van der Waals surface area contributed by atoms with E-state index in [-0.39, 0.29) is 5.97 Å². The van der Waals surface area contributed by atoms with Gasteiger partial charge in [-0.25, -0.2) is 14.8 Å². The van der Waals surface area contributed by atoms with E-state index in [9.17, 15) is 4.79 Å². The van der Waals surface area contributed by atoms with Gasteiger partial charge >= 0.3 is 5.97 Å². The van der Waals surface area contributed by atoms with Crippen molar-refractivity contribution in [3.63, 3.8) is 0 Å². The first-order valence-corrected chi connectivity index (χ1v) is 9.45. The molecule has 5 nitrogen and oxygen atoms in total. The Balaban J connectivity index is 1.85. The predicted molar refractivity (Wildman–Crippen MR) is 97.7 cm³/mol. The van der Waals surface area contributed by atoms with Crippen LogP contribution in [0.25, 0.3) is 10.1 Å². The lowest BCUT2D eigenvalue weighted by molar-refractivity contribution is 0.0533. The van der Waals surface area contributed by atoms with Crippen LogP contribution in [0.1, 0.15) is 55.6 Å². The molecule has 1 aliphatic carbocycles. The lowest BCUT2D eigenvalue weighted by Gasteiger charge is -2.36. The first-order valence-electron chi connectivity index (χ1n) is 8.64. The van der Waals surface area contributed by atoms with Crippen LogP contribution in [0.4, 0.5) is 11.5 Å². The number of carbonyl (C=O) groups excluding carboxylic acids is 1. The van der Waals surface area contributed by atoms with Crippen molar-refractivity contribution in [1.82, 2.24) is 4.98 Å². The number of nitrogens with zero attached hydrogens (tertiary/aromatic N) is 3. The third kappa shape index (κ3) is 2.40. The molecule has 2 aromatic rings. The molecule has 0 saturated heterocycles. The number of aliphatic imine (C=N–C) groups is 1. The van der Waals surface area contributed by atoms with E-state index < -0.39 is 0 Å². The minimum Gasteiger partial charge on any atom is -0.462 e. The third-order valence-corrected chi connectivity index (χ3v) is 5.93. The Bertz CT molecular complexity index is 821. The summed E-state index contributed by atoms with van der Waals surface area (Å²) in [7, 11) is 0. The fraction of sp³-hybridized carbons (Fsp3) is 0.500. The number of hydrogen-bond acceptors (Lipinski definition) is 6. The van der Waals surface area contributed by atoms with Gasteiger partial charge in [0.2, 0.25) is 0 Å². The minimum atomic E-state index is -0.290. The normalized spacial score (nSPS) is 17.9. The Morgan fingerprint density at radius 3 is 2.92 bits per heavy atom. The zero-order chi connectivity index (χ0) is 16.7. The maximum atomic E-state index is 12.3. The highest BCUT2D eigenvalue weighted by atomic mass is 32.1. The van der Waals surface area contributed by atoms with E-state index in [0.717, 1.165) is 27.4 Å². The van der Waals surface area contributed by atoms with Gasteiger partial charge in [0.15, 0.2) is 0 Å². The summed E-state index contributed by atoms with van der Waals surface area (Å²) in [4.78, 5) is 24.6. The summed E-state index contributed by atoms with van der Waals surface area (Å²) in [5.41, 5.74) is 0.737. The Kier molecular flexibility index (Phi) is 4.00. The molecule has 4 rings (SSSR count). The molecule has 0 amide bonds. The van der Waals surface area contributed by atoms with Gasteiger partial charge in [-0.3, -0.25) is 0 Å². The summed E-state index contributed by atoms with van der Waals surface area (Å²) in [6.07, 6.45) is 8.02. The van der Waals surface area contributed by atoms with Crippen molar-refractivity contribution >= 4 is 44.7 Å². The smallest absolute Gasteiger partial charge is 0.350 e. The first kappa shape index (κ1) is 15.6. The van der Waals surface area contributed by atoms with Gasteiger partial charge in [-0.05, 0) is 32.8 Å². The fourth-order valence-corrected chi connectivity index (χ4v) is 4.81. The second-order valence-electron chi connectivity index (χ2n) is 6.33. The Morgan fingerprint density at radius 1 is 1.38 bits per heavy atom. The quantitative estimate of drug-likeness (QED) is 0.760. The molecule has 0 unspecified atom stereocenters. The van der Waals surface area contributed by atoms with Gasteiger partial charge in [0, 0.05) is 16.9 Å². The predicted octanol–water partition coefficient (Wildman–Crippen LogP) is 4.68. The van der Waals surface area contributed by atoms with Crippen molar-refractivity contribution in [2.24, 2.45) is 4.99 Å². The zero-order valence-electron chi connectivity index (χ0n) is 14.0. The number of aromatic nitrogens is 1. The second-order valence-corrected chi connectivity index (χ2v) is 7.38. The molecular formula is C18H21N3O2S. The number of hydrogen-bond donors (Lipinski definition) is 0. The molecule has 2 aliphatic rings. The van der Waals surface area contributed by atoms with Crippen LogP contribution in [0.5, 0.6) is 0 Å². The van der Waals surface area contributed by atoms with Crippen molar-refractivity contribution in [2.45, 2.75) is 52.0 Å². The number of esters is 1. The monoisotopic (exact) mass is 343 g/mol. The van der Waals surface area contributed by atoms with Crippen molar-refractivity contribution in [3.05, 3.63) is 17.1 Å². The van der Waals surface area contributed by atoms with E-state index in [1.54, 1.807) is 0 Å². The number of pyridine rings is 1. The molecular weight excluding hydrogens is 322 g/mol. The molecule has 0 bridgehead atoms. The summed E-state index contributed by atoms with van der Waals surface area (Å²) in [5.74, 6) is 1.59. The van der Waals surface area contributed by atoms with Crippen molar-refractivity contribution < 1.29 is 9.53 Å². The second kappa shape index (κ2) is 6.16. The van der Waals surface area contributed by atoms with Crippen LogP contribution in [0, 0.1) is 0 Å². The number of amidine groups is 1. The van der Waals surface area contributed by atoms with E-state index in [2.05, 4.69) is 9.88 Å². The Hall–Kier alpha value is -1.95. The third-order valence-electron chi connectivity index (χ3n) is 4.81. The molecule has 6 heteroatoms. The van der Waals surface area contributed by atoms with Gasteiger partial charge in [0.05, 0.1) is 12.0 Å². The molecule has 0 spiro atoms. The van der Waals surface area contributed by atoms with Crippen LogP contribution in [-0.4, -0.2) is 29.4 Å². The van der Waals surface area contributed by atoms with E-state index in [0.29, 0.717) is 17.5 Å². The standard InChI is InChI=1S/C18H21N3O2S/c1-3-23-18(22)16-15-14-13(24-16)9-10-19-17(14)21(11(2)20-15)12-7-5-4-6-8-12/h9-10,12H,3-8H2,1-2H3. The maximum Gasteiger partial charge on any atom is 0.350 e. The number of anilines is 1. The lowest BCUT2D eigenvalue weighted by Crippen LogP contribution is -2.41. The Labute approximate surface area is 145 Å². The number of thiophene rings is 1. The zero-order valence-corrected chi connectivity index (χ0v) is 14.9. The molecule has 126 valence electrons. The average Bonchev–Trinajstić information content (AvgIpc) is 2.96. The summed E-state index contributed by atoms with van der Waals surface area (Å²) in [6.45, 7) is 4.21. The minimum absolute atomic E-state index is 0.290. The van der Waals surface area contributed by atoms with E-state index in [1.807, 2.05) is 26.1 Å². The summed E-state index contributed by atoms with van der Waals surface area (Å²) < 4.78 is 6.26. The molecule has 1 aliphatic heterocycles. The van der Waals surface area contributed by atoms with Crippen molar-refractivity contribution in [2.75, 3.05) is 11.5 Å². The number of ether oxygens (including phenoxy) is 1. The van der Waals surface area contributed by atoms with E-state index >= 15 is 0 Å². The van der Waals surface area contributed by atoms with Gasteiger partial charge in [-0.1, -0.05) is 19.3 Å². The molecule has 2 aromatic heterocycles. The highest BCUT2D eigenvalue weighted by Crippen LogP contribution is 2.46. The van der Waals surface area contributed by atoms with Crippen molar-refractivity contribution in [3.8, 4) is 0 Å². The number of carbonyl (C=O) groups is 1. The lowest BCUT2D eigenvalue weighted by atomic mass is 9.93. The van der Waals surface area contributed by atoms with Crippen LogP contribution in [0.2, 0.25) is 0 Å². The van der Waals surface area contributed by atoms with Gasteiger partial charge < -0.3 is 9.64 Å². The van der Waals surface area contributed by atoms with Gasteiger partial charge in [0.1, 0.15) is 22.2 Å². The summed E-state index contributed by atoms with van der Waals surface area (Å²) in [6, 6.07) is 2.42. The molecule has 0 atom stereocenters. The summed E-state index contributed by atoms with van der Waals surface area (Å²) >= 11 is 1.45.